The third-order valence-electron chi connectivity index (χ3n) is 5.59. The van der Waals surface area contributed by atoms with Crippen molar-refractivity contribution in [3.8, 4) is 0 Å². The smallest absolute Gasteiger partial charge is 0.0244 e. The summed E-state index contributed by atoms with van der Waals surface area (Å²) in [6.45, 7) is 0. The molecular formula is C24H21N. The van der Waals surface area contributed by atoms with Gasteiger partial charge in [0.1, 0.15) is 0 Å². The van der Waals surface area contributed by atoms with Crippen molar-refractivity contribution < 1.29 is 0 Å². The first kappa shape index (κ1) is 14.5. The van der Waals surface area contributed by atoms with Crippen molar-refractivity contribution in [1.29, 1.82) is 0 Å². The fraction of sp³-hybridized carbons (Fsp3) is 0.167. The van der Waals surface area contributed by atoms with Gasteiger partial charge in [0, 0.05) is 17.8 Å². The lowest BCUT2D eigenvalue weighted by Gasteiger charge is -2.29. The predicted molar refractivity (Wildman–Crippen MR) is 107 cm³/mol. The number of hydrogen-bond donors (Lipinski definition) is 1. The number of fused-ring (bicyclic) bond motifs is 5. The maximum atomic E-state index is 3.49. The molecule has 122 valence electrons. The lowest BCUT2D eigenvalue weighted by Crippen LogP contribution is -2.19. The summed E-state index contributed by atoms with van der Waals surface area (Å²) in [6, 6.07) is 18.0. The molecule has 1 aliphatic carbocycles. The number of nitrogens with one attached hydrogen (secondary N) is 1. The molecule has 1 heteroatoms. The Bertz CT molecular complexity index is 1050. The van der Waals surface area contributed by atoms with Crippen LogP contribution in [0, 0.1) is 0 Å². The van der Waals surface area contributed by atoms with E-state index in [4.69, 9.17) is 0 Å². The minimum Gasteiger partial charge on any atom is -0.364 e. The van der Waals surface area contributed by atoms with Crippen LogP contribution in [-0.2, 0) is 6.42 Å². The Morgan fingerprint density at radius 1 is 0.800 bits per heavy atom. The van der Waals surface area contributed by atoms with E-state index in [0.717, 1.165) is 0 Å². The normalized spacial score (nSPS) is 19.4. The molecule has 0 fully saturated rings. The highest BCUT2D eigenvalue weighted by Crippen LogP contribution is 2.40. The first-order valence-electron chi connectivity index (χ1n) is 9.15. The standard InChI is InChI=1S/C24H21N/c1-2-11-24(25-16-5-1)23-10-6-9-19-21-13-12-17-7-3-4-8-18(17)20(21)14-15-22(19)23/h1-5,7-8,11-16,23,25H,6,9-10H2. The van der Waals surface area contributed by atoms with Crippen LogP contribution in [0.15, 0.2) is 84.7 Å². The molecule has 0 saturated heterocycles. The zero-order valence-electron chi connectivity index (χ0n) is 14.2. The van der Waals surface area contributed by atoms with Crippen molar-refractivity contribution >= 4 is 21.5 Å². The van der Waals surface area contributed by atoms with E-state index in [9.17, 15) is 0 Å². The summed E-state index contributed by atoms with van der Waals surface area (Å²) >= 11 is 0. The molecule has 0 amide bonds. The molecule has 3 aromatic rings. The largest absolute Gasteiger partial charge is 0.364 e. The SMILES string of the molecule is C1=CC=C(C2CCCc3c2ccc2c3ccc3ccccc32)NC=C1. The van der Waals surface area contributed by atoms with Gasteiger partial charge >= 0.3 is 0 Å². The van der Waals surface area contributed by atoms with Crippen LogP contribution < -0.4 is 5.32 Å². The van der Waals surface area contributed by atoms with Gasteiger partial charge in [-0.25, -0.2) is 0 Å². The maximum absolute atomic E-state index is 3.49. The Morgan fingerprint density at radius 2 is 1.72 bits per heavy atom. The molecule has 25 heavy (non-hydrogen) atoms. The van der Waals surface area contributed by atoms with Crippen molar-refractivity contribution in [1.82, 2.24) is 5.32 Å². The van der Waals surface area contributed by atoms with Gasteiger partial charge in [-0.1, -0.05) is 60.7 Å². The minimum atomic E-state index is 0.465. The van der Waals surface area contributed by atoms with Gasteiger partial charge in [-0.05, 0) is 64.1 Å². The Morgan fingerprint density at radius 3 is 2.72 bits per heavy atom. The van der Waals surface area contributed by atoms with E-state index in [1.54, 1.807) is 5.56 Å². The third kappa shape index (κ3) is 2.39. The first-order valence-corrected chi connectivity index (χ1v) is 9.15. The average Bonchev–Trinajstić information content (AvgIpc) is 2.96. The zero-order valence-corrected chi connectivity index (χ0v) is 14.2. The zero-order chi connectivity index (χ0) is 16.6. The van der Waals surface area contributed by atoms with Crippen molar-refractivity contribution in [3.05, 3.63) is 95.9 Å². The first-order chi connectivity index (χ1) is 12.4. The monoisotopic (exact) mass is 323 g/mol. The third-order valence-corrected chi connectivity index (χ3v) is 5.59. The van der Waals surface area contributed by atoms with Crippen LogP contribution >= 0.6 is 0 Å². The highest BCUT2D eigenvalue weighted by Gasteiger charge is 2.25. The molecule has 0 aromatic heterocycles. The molecule has 1 nitrogen and oxygen atoms in total. The van der Waals surface area contributed by atoms with E-state index >= 15 is 0 Å². The molecule has 1 aliphatic heterocycles. The molecular weight excluding hydrogens is 302 g/mol. The van der Waals surface area contributed by atoms with Crippen molar-refractivity contribution in [2.24, 2.45) is 0 Å². The Hall–Kier alpha value is -2.80. The van der Waals surface area contributed by atoms with Gasteiger partial charge in [0.2, 0.25) is 0 Å². The van der Waals surface area contributed by atoms with E-state index < -0.39 is 0 Å². The summed E-state index contributed by atoms with van der Waals surface area (Å²) in [5, 5.41) is 9.00. The maximum Gasteiger partial charge on any atom is 0.0244 e. The second kappa shape index (κ2) is 5.93. The molecule has 5 rings (SSSR count). The van der Waals surface area contributed by atoms with Crippen LogP contribution in [0.1, 0.15) is 29.9 Å². The Labute approximate surface area is 148 Å². The lowest BCUT2D eigenvalue weighted by atomic mass is 9.78. The lowest BCUT2D eigenvalue weighted by molar-refractivity contribution is 0.593. The molecule has 1 atom stereocenters. The molecule has 0 saturated carbocycles. The van der Waals surface area contributed by atoms with Crippen molar-refractivity contribution in [3.63, 3.8) is 0 Å². The van der Waals surface area contributed by atoms with Gasteiger partial charge in [0.25, 0.3) is 0 Å². The van der Waals surface area contributed by atoms with Gasteiger partial charge in [0.05, 0.1) is 0 Å². The van der Waals surface area contributed by atoms with E-state index in [2.05, 4.69) is 78.2 Å². The molecule has 0 bridgehead atoms. The number of hydrogen-bond acceptors (Lipinski definition) is 1. The number of rotatable bonds is 1. The van der Waals surface area contributed by atoms with Crippen LogP contribution in [-0.4, -0.2) is 0 Å². The van der Waals surface area contributed by atoms with Gasteiger partial charge in [-0.15, -0.1) is 0 Å². The summed E-state index contributed by atoms with van der Waals surface area (Å²) in [5.74, 6) is 0.465. The molecule has 0 radical (unpaired) electrons. The predicted octanol–water partition coefficient (Wildman–Crippen LogP) is 5.97. The molecule has 2 aliphatic rings. The van der Waals surface area contributed by atoms with Gasteiger partial charge < -0.3 is 5.32 Å². The van der Waals surface area contributed by atoms with E-state index in [0.29, 0.717) is 5.92 Å². The number of aryl methyl sites for hydroxylation is 1. The van der Waals surface area contributed by atoms with Crippen molar-refractivity contribution in [2.45, 2.75) is 25.2 Å². The van der Waals surface area contributed by atoms with E-state index in [-0.39, 0.29) is 0 Å². The summed E-state index contributed by atoms with van der Waals surface area (Å²) in [6.07, 6.45) is 14.2. The number of allylic oxidation sites excluding steroid dienone is 5. The molecule has 1 unspecified atom stereocenters. The van der Waals surface area contributed by atoms with Crippen molar-refractivity contribution in [2.75, 3.05) is 0 Å². The highest BCUT2D eigenvalue weighted by atomic mass is 14.9. The quantitative estimate of drug-likeness (QED) is 0.544. The molecule has 3 aromatic carbocycles. The van der Waals surface area contributed by atoms with Crippen LogP contribution in [0.5, 0.6) is 0 Å². The fourth-order valence-corrected chi connectivity index (χ4v) is 4.42. The minimum absolute atomic E-state index is 0.465. The average molecular weight is 323 g/mol. The van der Waals surface area contributed by atoms with Crippen LogP contribution in [0.25, 0.3) is 21.5 Å². The summed E-state index contributed by atoms with van der Waals surface area (Å²) < 4.78 is 0. The Kier molecular flexibility index (Phi) is 3.45. The molecule has 0 spiro atoms. The van der Waals surface area contributed by atoms with Gasteiger partial charge in [-0.3, -0.25) is 0 Å². The summed E-state index contributed by atoms with van der Waals surface area (Å²) in [4.78, 5) is 0. The number of benzene rings is 3. The van der Waals surface area contributed by atoms with E-state index in [1.165, 1.54) is 52.1 Å². The fourth-order valence-electron chi connectivity index (χ4n) is 4.42. The summed E-state index contributed by atoms with van der Waals surface area (Å²) in [5.41, 5.74) is 4.35. The summed E-state index contributed by atoms with van der Waals surface area (Å²) in [7, 11) is 0. The molecule has 1 heterocycles. The molecule has 1 N–H and O–H groups in total. The van der Waals surface area contributed by atoms with Crippen LogP contribution in [0.3, 0.4) is 0 Å². The second-order valence-corrected chi connectivity index (χ2v) is 6.97. The Balaban J connectivity index is 1.71. The van der Waals surface area contributed by atoms with E-state index in [1.807, 2.05) is 6.20 Å². The van der Waals surface area contributed by atoms with Crippen LogP contribution in [0.4, 0.5) is 0 Å². The second-order valence-electron chi connectivity index (χ2n) is 6.97. The highest BCUT2D eigenvalue weighted by molar-refractivity contribution is 6.08. The topological polar surface area (TPSA) is 12.0 Å². The van der Waals surface area contributed by atoms with Crippen LogP contribution in [0.2, 0.25) is 0 Å². The van der Waals surface area contributed by atoms with Gasteiger partial charge in [0.15, 0.2) is 0 Å². The van der Waals surface area contributed by atoms with Gasteiger partial charge in [-0.2, -0.15) is 0 Å².